The van der Waals surface area contributed by atoms with Crippen molar-refractivity contribution in [3.05, 3.63) is 87.4 Å². The Kier molecular flexibility index (Phi) is 4.03. The minimum Gasteiger partial charge on any atom is -0.478 e. The van der Waals surface area contributed by atoms with E-state index in [0.717, 1.165) is 0 Å². The topological polar surface area (TPSA) is 99.6 Å². The van der Waals surface area contributed by atoms with Gasteiger partial charge in [0.15, 0.2) is 0 Å². The first-order valence-electron chi connectivity index (χ1n) is 7.08. The van der Waals surface area contributed by atoms with Crippen LogP contribution in [0.15, 0.2) is 70.1 Å². The van der Waals surface area contributed by atoms with Crippen LogP contribution in [0, 0.1) is 0 Å². The van der Waals surface area contributed by atoms with Crippen LogP contribution in [0.5, 0.6) is 0 Å². The van der Waals surface area contributed by atoms with Crippen molar-refractivity contribution in [1.29, 1.82) is 0 Å². The number of benzene rings is 1. The van der Waals surface area contributed by atoms with Crippen LogP contribution >= 0.6 is 0 Å². The molecular weight excluding hydrogens is 308 g/mol. The summed E-state index contributed by atoms with van der Waals surface area (Å²) >= 11 is 0. The fourth-order valence-corrected chi connectivity index (χ4v) is 2.46. The molecule has 6 nitrogen and oxygen atoms in total. The molecule has 24 heavy (non-hydrogen) atoms. The lowest BCUT2D eigenvalue weighted by molar-refractivity contribution is -0.113. The monoisotopic (exact) mass is 320 g/mol. The molecule has 1 aromatic heterocycles. The van der Waals surface area contributed by atoms with Gasteiger partial charge in [0.2, 0.25) is 5.56 Å². The molecule has 118 valence electrons. The number of dihydropyridines is 1. The molecule has 2 heterocycles. The highest BCUT2D eigenvalue weighted by Crippen LogP contribution is 2.29. The average molecular weight is 320 g/mol. The maximum Gasteiger partial charge on any atom is 0.336 e. The van der Waals surface area contributed by atoms with Gasteiger partial charge >= 0.3 is 5.97 Å². The summed E-state index contributed by atoms with van der Waals surface area (Å²) in [7, 11) is 0. The van der Waals surface area contributed by atoms with E-state index in [1.807, 2.05) is 0 Å². The highest BCUT2D eigenvalue weighted by atomic mass is 16.4. The van der Waals surface area contributed by atoms with Crippen LogP contribution in [0.4, 0.5) is 0 Å². The lowest BCUT2D eigenvalue weighted by Crippen LogP contribution is -2.08. The first-order chi connectivity index (χ1) is 11.6. The smallest absolute Gasteiger partial charge is 0.336 e. The molecule has 3 rings (SSSR count). The third-order valence-corrected chi connectivity index (χ3v) is 3.52. The number of hydrogen-bond donors (Lipinski definition) is 2. The first-order valence-corrected chi connectivity index (χ1v) is 7.08. The van der Waals surface area contributed by atoms with E-state index in [4.69, 9.17) is 0 Å². The lowest BCUT2D eigenvalue weighted by atomic mass is 9.90. The zero-order valence-electron chi connectivity index (χ0n) is 12.4. The number of aromatic carboxylic acids is 1. The number of H-pyrrole nitrogens is 1. The van der Waals surface area contributed by atoms with Gasteiger partial charge in [0.05, 0.1) is 5.56 Å². The van der Waals surface area contributed by atoms with E-state index >= 15 is 0 Å². The summed E-state index contributed by atoms with van der Waals surface area (Å²) in [4.78, 5) is 40.5. The Morgan fingerprint density at radius 1 is 1.00 bits per heavy atom. The Balaban J connectivity index is 2.30. The number of carboxylic acid groups (broad SMARTS) is 1. The van der Waals surface area contributed by atoms with Crippen LogP contribution in [-0.2, 0) is 4.79 Å². The number of carboxylic acids is 1. The van der Waals surface area contributed by atoms with Gasteiger partial charge < -0.3 is 10.1 Å². The zero-order valence-corrected chi connectivity index (χ0v) is 12.4. The molecule has 0 spiro atoms. The van der Waals surface area contributed by atoms with Crippen molar-refractivity contribution in [3.8, 4) is 0 Å². The number of carbonyl (C=O) groups excluding carboxylic acids is 1. The van der Waals surface area contributed by atoms with Gasteiger partial charge in [-0.3, -0.25) is 9.59 Å². The molecule has 0 aliphatic carbocycles. The molecule has 2 N–H and O–H groups in total. The number of amides is 1. The van der Waals surface area contributed by atoms with E-state index in [2.05, 4.69) is 9.98 Å². The molecule has 0 unspecified atom stereocenters. The first kappa shape index (κ1) is 15.4. The molecule has 0 fully saturated rings. The van der Waals surface area contributed by atoms with Crippen LogP contribution in [0.1, 0.15) is 21.5 Å². The summed E-state index contributed by atoms with van der Waals surface area (Å²) in [6, 6.07) is 9.49. The summed E-state index contributed by atoms with van der Waals surface area (Å²) in [5, 5.41) is 9.46. The Morgan fingerprint density at radius 2 is 1.75 bits per heavy atom. The minimum atomic E-state index is -1.07. The molecule has 1 aromatic carbocycles. The van der Waals surface area contributed by atoms with Crippen molar-refractivity contribution in [2.45, 2.75) is 0 Å². The second-order valence-corrected chi connectivity index (χ2v) is 5.05. The summed E-state index contributed by atoms with van der Waals surface area (Å²) in [6.45, 7) is 0. The van der Waals surface area contributed by atoms with Crippen LogP contribution in [0.3, 0.4) is 0 Å². The van der Waals surface area contributed by atoms with Gasteiger partial charge in [-0.15, -0.1) is 0 Å². The number of nitrogens with one attached hydrogen (secondary N) is 1. The molecule has 0 saturated carbocycles. The van der Waals surface area contributed by atoms with E-state index in [1.165, 1.54) is 30.6 Å². The van der Waals surface area contributed by atoms with Crippen LogP contribution in [-0.4, -0.2) is 28.2 Å². The van der Waals surface area contributed by atoms with Gasteiger partial charge in [-0.05, 0) is 34.9 Å². The summed E-state index contributed by atoms with van der Waals surface area (Å²) in [6.07, 6.45) is 5.78. The number of carbonyl (C=O) groups is 2. The van der Waals surface area contributed by atoms with Crippen molar-refractivity contribution in [3.63, 3.8) is 0 Å². The second-order valence-electron chi connectivity index (χ2n) is 5.05. The second kappa shape index (κ2) is 6.29. The van der Waals surface area contributed by atoms with Crippen molar-refractivity contribution in [1.82, 2.24) is 4.98 Å². The van der Waals surface area contributed by atoms with Gasteiger partial charge in [0, 0.05) is 30.1 Å². The average Bonchev–Trinajstić information content (AvgIpc) is 2.59. The Labute approximate surface area is 136 Å². The Morgan fingerprint density at radius 3 is 2.33 bits per heavy atom. The fourth-order valence-electron chi connectivity index (χ4n) is 2.46. The van der Waals surface area contributed by atoms with E-state index in [1.54, 1.807) is 30.3 Å². The molecular formula is C18H12N2O4. The van der Waals surface area contributed by atoms with E-state index in [9.17, 15) is 19.5 Å². The van der Waals surface area contributed by atoms with Crippen LogP contribution in [0.25, 0.3) is 5.57 Å². The number of aromatic amines is 1. The highest BCUT2D eigenvalue weighted by molar-refractivity contribution is 6.10. The number of nitrogens with zero attached hydrogens (tertiary/aromatic N) is 1. The molecule has 6 heteroatoms. The predicted octanol–water partition coefficient (Wildman–Crippen LogP) is 2.04. The molecule has 2 aromatic rings. The van der Waals surface area contributed by atoms with Gasteiger partial charge in [-0.2, -0.15) is 0 Å². The molecule has 0 radical (unpaired) electrons. The standard InChI is InChI=1S/C18H12N2O4/c21-15-7-5-11(9-19-15)17(12-6-8-16(22)20-10-12)13-3-1-2-4-14(13)18(23)24/h1-10H,(H,19,21)(H,23,24)/b17-12+. The summed E-state index contributed by atoms with van der Waals surface area (Å²) in [5.41, 5.74) is 2.08. The number of allylic oxidation sites excluding steroid dienone is 2. The highest BCUT2D eigenvalue weighted by Gasteiger charge is 2.18. The van der Waals surface area contributed by atoms with Crippen molar-refractivity contribution in [2.24, 2.45) is 4.99 Å². The van der Waals surface area contributed by atoms with Gasteiger partial charge in [0.1, 0.15) is 0 Å². The number of aliphatic imine (C=N–C) groups is 1. The zero-order chi connectivity index (χ0) is 17.1. The van der Waals surface area contributed by atoms with Crippen molar-refractivity contribution >= 4 is 23.7 Å². The SMILES string of the molecule is O=C1C=C/C(=C(/c2ccc(=O)[nH]c2)c2ccccc2C(=O)O)C=N1. The van der Waals surface area contributed by atoms with Gasteiger partial charge in [0.25, 0.3) is 5.91 Å². The molecule has 1 aliphatic rings. The van der Waals surface area contributed by atoms with Gasteiger partial charge in [-0.1, -0.05) is 18.2 Å². The fraction of sp³-hybridized carbons (Fsp3) is 0. The Hall–Kier alpha value is -3.54. The lowest BCUT2D eigenvalue weighted by Gasteiger charge is -2.14. The summed E-state index contributed by atoms with van der Waals surface area (Å²) < 4.78 is 0. The third-order valence-electron chi connectivity index (χ3n) is 3.52. The predicted molar refractivity (Wildman–Crippen MR) is 89.1 cm³/mol. The van der Waals surface area contributed by atoms with Gasteiger partial charge in [-0.25, -0.2) is 9.79 Å². The Bertz CT molecular complexity index is 942. The van der Waals surface area contributed by atoms with Crippen LogP contribution in [0.2, 0.25) is 0 Å². The number of hydrogen-bond acceptors (Lipinski definition) is 3. The van der Waals surface area contributed by atoms with E-state index in [0.29, 0.717) is 22.3 Å². The van der Waals surface area contributed by atoms with Crippen molar-refractivity contribution < 1.29 is 14.7 Å². The maximum atomic E-state index is 11.6. The molecule has 0 bridgehead atoms. The van der Waals surface area contributed by atoms with Crippen LogP contribution < -0.4 is 5.56 Å². The molecule has 0 saturated heterocycles. The number of pyridine rings is 1. The molecule has 1 amide bonds. The van der Waals surface area contributed by atoms with E-state index in [-0.39, 0.29) is 17.0 Å². The quantitative estimate of drug-likeness (QED) is 0.904. The number of aromatic nitrogens is 1. The maximum absolute atomic E-state index is 11.6. The minimum absolute atomic E-state index is 0.116. The molecule has 1 aliphatic heterocycles. The summed E-state index contributed by atoms with van der Waals surface area (Å²) in [5.74, 6) is -1.45. The molecule has 0 atom stereocenters. The number of rotatable bonds is 3. The largest absolute Gasteiger partial charge is 0.478 e. The van der Waals surface area contributed by atoms with Crippen molar-refractivity contribution in [2.75, 3.05) is 0 Å². The third kappa shape index (κ3) is 2.98. The normalized spacial score (nSPS) is 15.4. The van der Waals surface area contributed by atoms with E-state index < -0.39 is 5.97 Å².